The fourth-order valence-corrected chi connectivity index (χ4v) is 4.95. The highest BCUT2D eigenvalue weighted by atomic mass is 35.5. The van der Waals surface area contributed by atoms with Gasteiger partial charge in [0.1, 0.15) is 24.2 Å². The van der Waals surface area contributed by atoms with Crippen molar-refractivity contribution in [3.8, 4) is 11.6 Å². The molecule has 7 nitrogen and oxygen atoms in total. The Balaban J connectivity index is 1.58. The van der Waals surface area contributed by atoms with Gasteiger partial charge in [-0.1, -0.05) is 23.7 Å². The number of hydrogen-bond acceptors (Lipinski definition) is 5. The number of ether oxygens (including phenoxy) is 2. The van der Waals surface area contributed by atoms with Gasteiger partial charge in [-0.05, 0) is 73.2 Å². The van der Waals surface area contributed by atoms with Gasteiger partial charge < -0.3 is 24.3 Å². The van der Waals surface area contributed by atoms with Crippen LogP contribution in [-0.4, -0.2) is 40.0 Å². The molecule has 1 N–H and O–H groups in total. The zero-order valence-electron chi connectivity index (χ0n) is 20.0. The van der Waals surface area contributed by atoms with Crippen LogP contribution in [0, 0.1) is 6.92 Å². The summed E-state index contributed by atoms with van der Waals surface area (Å²) in [5, 5.41) is 4.58. The molecule has 0 saturated carbocycles. The van der Waals surface area contributed by atoms with Crippen molar-refractivity contribution < 1.29 is 9.47 Å². The minimum absolute atomic E-state index is 0.186. The predicted molar refractivity (Wildman–Crippen MR) is 145 cm³/mol. The van der Waals surface area contributed by atoms with Crippen LogP contribution >= 0.6 is 23.8 Å². The van der Waals surface area contributed by atoms with Gasteiger partial charge in [-0.15, -0.1) is 0 Å². The molecular weight excluding hydrogens is 494 g/mol. The lowest BCUT2D eigenvalue weighted by Crippen LogP contribution is -2.30. The van der Waals surface area contributed by atoms with Gasteiger partial charge in [0, 0.05) is 37.1 Å². The Bertz CT molecular complexity index is 1350. The molecule has 0 unspecified atom stereocenters. The zero-order chi connectivity index (χ0) is 25.1. The van der Waals surface area contributed by atoms with Crippen molar-refractivity contribution in [3.05, 3.63) is 101 Å². The maximum atomic E-state index is 6.62. The summed E-state index contributed by atoms with van der Waals surface area (Å²) in [6.45, 7) is 2.93. The van der Waals surface area contributed by atoms with E-state index in [4.69, 9.17) is 33.3 Å². The van der Waals surface area contributed by atoms with Gasteiger partial charge in [0.15, 0.2) is 5.11 Å². The van der Waals surface area contributed by atoms with Crippen LogP contribution in [0.4, 0.5) is 5.69 Å². The minimum Gasteiger partial charge on any atom is -0.490 e. The van der Waals surface area contributed by atoms with Gasteiger partial charge in [0.25, 0.3) is 0 Å². The van der Waals surface area contributed by atoms with Crippen LogP contribution in [0.15, 0.2) is 79.3 Å². The zero-order valence-corrected chi connectivity index (χ0v) is 21.5. The molecule has 0 bridgehead atoms. The summed E-state index contributed by atoms with van der Waals surface area (Å²) < 4.78 is 12.9. The summed E-state index contributed by atoms with van der Waals surface area (Å²) in [4.78, 5) is 11.4. The largest absolute Gasteiger partial charge is 0.490 e. The Kier molecular flexibility index (Phi) is 7.18. The molecular formula is C27H26ClN5O2S. The number of halogens is 1. The number of pyridine rings is 2. The standard InChI is InChI=1S/C27H26ClN5O2S/c1-18-8-11-24(30-17-18)32-13-5-7-22(32)26-25(21-6-3-4-12-29-21)31-27(36)33(26)19-9-10-23(20(28)16-19)35-15-14-34-2/h3-13,16-17,25-26H,14-15H2,1-2H3,(H,31,36)/t25-,26-/m0/s1. The number of anilines is 1. The lowest BCUT2D eigenvalue weighted by Gasteiger charge is -2.29. The molecule has 1 fully saturated rings. The van der Waals surface area contributed by atoms with Crippen LogP contribution in [0.5, 0.6) is 5.75 Å². The van der Waals surface area contributed by atoms with Gasteiger partial charge in [-0.2, -0.15) is 0 Å². The Morgan fingerprint density at radius 3 is 2.67 bits per heavy atom. The van der Waals surface area contributed by atoms with E-state index in [1.807, 2.05) is 67.8 Å². The van der Waals surface area contributed by atoms with Crippen molar-refractivity contribution in [2.24, 2.45) is 0 Å². The molecule has 0 amide bonds. The van der Waals surface area contributed by atoms with E-state index in [0.29, 0.717) is 29.1 Å². The highest BCUT2D eigenvalue weighted by molar-refractivity contribution is 7.80. The highest BCUT2D eigenvalue weighted by Crippen LogP contribution is 2.43. The fourth-order valence-electron chi connectivity index (χ4n) is 4.37. The lowest BCUT2D eigenvalue weighted by molar-refractivity contribution is 0.146. The maximum absolute atomic E-state index is 6.62. The lowest BCUT2D eigenvalue weighted by atomic mass is 10.0. The third kappa shape index (κ3) is 4.80. The van der Waals surface area contributed by atoms with Crippen LogP contribution in [0.25, 0.3) is 5.82 Å². The normalized spacial score (nSPS) is 17.3. The molecule has 4 aromatic rings. The number of rotatable bonds is 8. The van der Waals surface area contributed by atoms with Gasteiger partial charge in [-0.3, -0.25) is 4.98 Å². The van der Waals surface area contributed by atoms with Crippen molar-refractivity contribution in [1.82, 2.24) is 19.9 Å². The molecule has 4 heterocycles. The van der Waals surface area contributed by atoms with Crippen LogP contribution in [0.2, 0.25) is 5.02 Å². The molecule has 0 radical (unpaired) electrons. The summed E-state index contributed by atoms with van der Waals surface area (Å²) in [6, 6.07) is 19.4. The topological polar surface area (TPSA) is 64.4 Å². The number of nitrogens with zero attached hydrogens (tertiary/aromatic N) is 4. The second-order valence-electron chi connectivity index (χ2n) is 8.45. The van der Waals surface area contributed by atoms with E-state index >= 15 is 0 Å². The van der Waals surface area contributed by atoms with E-state index in [2.05, 4.69) is 36.9 Å². The van der Waals surface area contributed by atoms with E-state index < -0.39 is 0 Å². The molecule has 9 heteroatoms. The van der Waals surface area contributed by atoms with E-state index in [1.54, 1.807) is 13.3 Å². The van der Waals surface area contributed by atoms with Crippen molar-refractivity contribution in [2.45, 2.75) is 19.0 Å². The van der Waals surface area contributed by atoms with Crippen molar-refractivity contribution in [2.75, 3.05) is 25.2 Å². The van der Waals surface area contributed by atoms with E-state index in [9.17, 15) is 0 Å². The number of nitrogens with one attached hydrogen (secondary N) is 1. The van der Waals surface area contributed by atoms with Crippen LogP contribution in [0.3, 0.4) is 0 Å². The number of hydrogen-bond donors (Lipinski definition) is 1. The molecule has 1 aliphatic rings. The third-order valence-corrected chi connectivity index (χ3v) is 6.67. The first kappa shape index (κ1) is 24.2. The SMILES string of the molecule is COCCOc1ccc(N2C(=S)N[C@@H](c3ccccn3)[C@@H]2c2cccn2-c2ccc(C)cn2)cc1Cl. The minimum atomic E-state index is -0.207. The summed E-state index contributed by atoms with van der Waals surface area (Å²) in [5.41, 5.74) is 3.87. The van der Waals surface area contributed by atoms with Gasteiger partial charge >= 0.3 is 0 Å². The molecule has 5 rings (SSSR count). The first-order valence-electron chi connectivity index (χ1n) is 11.6. The van der Waals surface area contributed by atoms with Crippen molar-refractivity contribution >= 4 is 34.6 Å². The first-order valence-corrected chi connectivity index (χ1v) is 12.4. The summed E-state index contributed by atoms with van der Waals surface area (Å²) in [7, 11) is 1.63. The van der Waals surface area contributed by atoms with Crippen molar-refractivity contribution in [3.63, 3.8) is 0 Å². The summed E-state index contributed by atoms with van der Waals surface area (Å²) >= 11 is 12.5. The summed E-state index contributed by atoms with van der Waals surface area (Å²) in [5.74, 6) is 1.43. The Morgan fingerprint density at radius 1 is 1.06 bits per heavy atom. The highest BCUT2D eigenvalue weighted by Gasteiger charge is 2.42. The third-order valence-electron chi connectivity index (χ3n) is 6.06. The average Bonchev–Trinajstić information content (AvgIpc) is 3.50. The van der Waals surface area contributed by atoms with E-state index in [-0.39, 0.29) is 12.1 Å². The molecule has 2 atom stereocenters. The smallest absolute Gasteiger partial charge is 0.174 e. The Labute approximate surface area is 220 Å². The Morgan fingerprint density at radius 2 is 1.94 bits per heavy atom. The molecule has 3 aromatic heterocycles. The van der Waals surface area contributed by atoms with Gasteiger partial charge in [-0.25, -0.2) is 4.98 Å². The maximum Gasteiger partial charge on any atom is 0.174 e. The summed E-state index contributed by atoms with van der Waals surface area (Å²) in [6.07, 6.45) is 5.68. The quantitative estimate of drug-likeness (QED) is 0.246. The second kappa shape index (κ2) is 10.7. The molecule has 0 aliphatic carbocycles. The molecule has 1 saturated heterocycles. The number of thiocarbonyl (C=S) groups is 1. The number of methoxy groups -OCH3 is 1. The van der Waals surface area contributed by atoms with Crippen molar-refractivity contribution in [1.29, 1.82) is 0 Å². The van der Waals surface area contributed by atoms with E-state index in [1.165, 1.54) is 0 Å². The molecule has 184 valence electrons. The molecule has 1 aliphatic heterocycles. The first-order chi connectivity index (χ1) is 17.6. The van der Waals surface area contributed by atoms with Crippen LogP contribution in [0.1, 0.15) is 29.0 Å². The van der Waals surface area contributed by atoms with E-state index in [0.717, 1.165) is 28.5 Å². The average molecular weight is 520 g/mol. The molecule has 1 aromatic carbocycles. The van der Waals surface area contributed by atoms with Crippen LogP contribution in [-0.2, 0) is 4.74 Å². The second-order valence-corrected chi connectivity index (χ2v) is 9.24. The van der Waals surface area contributed by atoms with Gasteiger partial charge in [0.05, 0.1) is 23.4 Å². The van der Waals surface area contributed by atoms with Gasteiger partial charge in [0.2, 0.25) is 0 Å². The number of benzene rings is 1. The molecule has 0 spiro atoms. The molecule has 36 heavy (non-hydrogen) atoms. The Hall–Kier alpha value is -3.46. The predicted octanol–water partition coefficient (Wildman–Crippen LogP) is 5.43. The fraction of sp³-hybridized carbons (Fsp3) is 0.222. The number of aromatic nitrogens is 3. The number of aryl methyl sites for hydroxylation is 1. The monoisotopic (exact) mass is 519 g/mol. The van der Waals surface area contributed by atoms with Crippen LogP contribution < -0.4 is 15.0 Å².